The van der Waals surface area contributed by atoms with E-state index in [4.69, 9.17) is 4.99 Å². The largest absolute Gasteiger partial charge is 0.357 e. The molecule has 0 aromatic rings. The lowest BCUT2D eigenvalue weighted by atomic mass is 9.98. The van der Waals surface area contributed by atoms with E-state index in [1.165, 1.54) is 25.7 Å². The predicted octanol–water partition coefficient (Wildman–Crippen LogP) is 1.53. The summed E-state index contributed by atoms with van der Waals surface area (Å²) < 4.78 is 0. The van der Waals surface area contributed by atoms with E-state index in [0.29, 0.717) is 6.54 Å². The third-order valence-corrected chi connectivity index (χ3v) is 5.73. The van der Waals surface area contributed by atoms with Crippen LogP contribution in [0.4, 0.5) is 0 Å². The number of carbonyl (C=O) groups excluding carboxylic acids is 1. The van der Waals surface area contributed by atoms with E-state index >= 15 is 0 Å². The fraction of sp³-hybridized carbons (Fsp3) is 0.900. The minimum atomic E-state index is 0.130. The van der Waals surface area contributed by atoms with Crippen molar-refractivity contribution >= 4 is 11.9 Å². The summed E-state index contributed by atoms with van der Waals surface area (Å²) in [5.41, 5.74) is 0. The Kier molecular flexibility index (Phi) is 6.79. The Morgan fingerprint density at radius 1 is 1.08 bits per heavy atom. The van der Waals surface area contributed by atoms with E-state index in [1.54, 1.807) is 0 Å². The molecule has 6 heteroatoms. The Bertz CT molecular complexity index is 478. The number of nitrogens with zero attached hydrogens (tertiary/aromatic N) is 3. The molecule has 1 saturated heterocycles. The highest BCUT2D eigenvalue weighted by atomic mass is 16.2. The fourth-order valence-corrected chi connectivity index (χ4v) is 4.04. The molecule has 2 aliphatic carbocycles. The van der Waals surface area contributed by atoms with E-state index < -0.39 is 0 Å². The normalized spacial score (nSPS) is 22.2. The van der Waals surface area contributed by atoms with E-state index in [1.807, 2.05) is 13.8 Å². The number of nitrogens with one attached hydrogen (secondary N) is 2. The quantitative estimate of drug-likeness (QED) is 0.507. The molecule has 1 heterocycles. The summed E-state index contributed by atoms with van der Waals surface area (Å²) in [4.78, 5) is 21.6. The van der Waals surface area contributed by atoms with Crippen molar-refractivity contribution < 1.29 is 4.79 Å². The number of carbonyl (C=O) groups is 1. The van der Waals surface area contributed by atoms with Crippen molar-refractivity contribution in [1.82, 2.24) is 20.4 Å². The molecule has 0 spiro atoms. The van der Waals surface area contributed by atoms with Gasteiger partial charge in [0.05, 0.1) is 6.54 Å². The van der Waals surface area contributed by atoms with Crippen LogP contribution in [0.25, 0.3) is 0 Å². The van der Waals surface area contributed by atoms with Crippen LogP contribution in [0.1, 0.15) is 46.5 Å². The van der Waals surface area contributed by atoms with Crippen LogP contribution < -0.4 is 10.6 Å². The summed E-state index contributed by atoms with van der Waals surface area (Å²) in [6.07, 6.45) is 5.68. The number of amides is 1. The smallest absolute Gasteiger partial charge is 0.234 e. The third kappa shape index (κ3) is 5.86. The molecule has 0 bridgehead atoms. The topological polar surface area (TPSA) is 60.0 Å². The van der Waals surface area contributed by atoms with Gasteiger partial charge < -0.3 is 15.5 Å². The van der Waals surface area contributed by atoms with Crippen LogP contribution in [-0.4, -0.2) is 73.5 Å². The second kappa shape index (κ2) is 9.07. The van der Waals surface area contributed by atoms with Crippen LogP contribution in [-0.2, 0) is 4.79 Å². The highest BCUT2D eigenvalue weighted by Gasteiger charge is 2.41. The van der Waals surface area contributed by atoms with Gasteiger partial charge in [-0.2, -0.15) is 0 Å². The summed E-state index contributed by atoms with van der Waals surface area (Å²) in [5, 5.41) is 6.47. The van der Waals surface area contributed by atoms with Crippen LogP contribution in [0.3, 0.4) is 0 Å². The predicted molar refractivity (Wildman–Crippen MR) is 106 cm³/mol. The maximum atomic E-state index is 12.0. The van der Waals surface area contributed by atoms with Crippen LogP contribution in [0, 0.1) is 17.8 Å². The van der Waals surface area contributed by atoms with Gasteiger partial charge in [0.15, 0.2) is 5.96 Å². The molecule has 0 radical (unpaired) electrons. The highest BCUT2D eigenvalue weighted by Crippen LogP contribution is 2.49. The van der Waals surface area contributed by atoms with Gasteiger partial charge in [-0.1, -0.05) is 0 Å². The van der Waals surface area contributed by atoms with Crippen molar-refractivity contribution in [1.29, 1.82) is 0 Å². The molecule has 0 atom stereocenters. The van der Waals surface area contributed by atoms with Gasteiger partial charge in [0, 0.05) is 45.3 Å². The number of hydrogen-bond donors (Lipinski definition) is 2. The molecule has 0 aromatic heterocycles. The van der Waals surface area contributed by atoms with Crippen molar-refractivity contribution in [3.05, 3.63) is 0 Å². The third-order valence-electron chi connectivity index (χ3n) is 5.73. The zero-order valence-corrected chi connectivity index (χ0v) is 16.8. The number of piperazine rings is 1. The summed E-state index contributed by atoms with van der Waals surface area (Å²) in [7, 11) is 0. The molecule has 3 fully saturated rings. The number of guanidine groups is 1. The van der Waals surface area contributed by atoms with Crippen molar-refractivity contribution in [2.24, 2.45) is 22.7 Å². The zero-order valence-electron chi connectivity index (χ0n) is 16.8. The van der Waals surface area contributed by atoms with Gasteiger partial charge in [-0.15, -0.1) is 0 Å². The van der Waals surface area contributed by atoms with E-state index in [9.17, 15) is 4.79 Å². The molecule has 0 aromatic carbocycles. The fourth-order valence-electron chi connectivity index (χ4n) is 4.04. The molecule has 26 heavy (non-hydrogen) atoms. The Balaban J connectivity index is 1.48. The highest BCUT2D eigenvalue weighted by molar-refractivity contribution is 5.80. The molecule has 3 aliphatic rings. The minimum Gasteiger partial charge on any atom is -0.357 e. The maximum absolute atomic E-state index is 12.0. The van der Waals surface area contributed by atoms with Gasteiger partial charge in [-0.05, 0) is 64.2 Å². The Morgan fingerprint density at radius 3 is 2.19 bits per heavy atom. The lowest BCUT2D eigenvalue weighted by molar-refractivity contribution is -0.123. The summed E-state index contributed by atoms with van der Waals surface area (Å²) in [5.74, 6) is 3.93. The Hall–Kier alpha value is -1.30. The first kappa shape index (κ1) is 19.5. The molecule has 6 nitrogen and oxygen atoms in total. The Morgan fingerprint density at radius 2 is 1.69 bits per heavy atom. The number of hydrogen-bond acceptors (Lipinski definition) is 3. The molecule has 1 aliphatic heterocycles. The van der Waals surface area contributed by atoms with Gasteiger partial charge in [0.1, 0.15) is 0 Å². The van der Waals surface area contributed by atoms with Crippen LogP contribution in [0.2, 0.25) is 0 Å². The van der Waals surface area contributed by atoms with Crippen molar-refractivity contribution in [2.45, 2.75) is 52.5 Å². The maximum Gasteiger partial charge on any atom is 0.234 e. The van der Waals surface area contributed by atoms with E-state index in [-0.39, 0.29) is 11.9 Å². The van der Waals surface area contributed by atoms with Gasteiger partial charge in [-0.3, -0.25) is 14.7 Å². The summed E-state index contributed by atoms with van der Waals surface area (Å²) >= 11 is 0. The molecule has 1 amide bonds. The minimum absolute atomic E-state index is 0.130. The lowest BCUT2D eigenvalue weighted by Gasteiger charge is -2.36. The molecule has 0 unspecified atom stereocenters. The van der Waals surface area contributed by atoms with Crippen LogP contribution in [0.5, 0.6) is 0 Å². The monoisotopic (exact) mass is 363 g/mol. The van der Waals surface area contributed by atoms with Crippen LogP contribution in [0.15, 0.2) is 4.99 Å². The molecule has 3 rings (SSSR count). The Labute approximate surface area is 158 Å². The average molecular weight is 364 g/mol. The van der Waals surface area contributed by atoms with E-state index in [2.05, 4.69) is 27.4 Å². The standard InChI is InChI=1S/C20H37N5O/c1-4-21-20(22-13-18(16-5-6-16)17-7-8-17)25-11-9-24(10-12-25)14-19(26)23-15(2)3/h15-18H,4-14H2,1-3H3,(H,21,22)(H,23,26). The first-order valence-corrected chi connectivity index (χ1v) is 10.6. The van der Waals surface area contributed by atoms with Gasteiger partial charge >= 0.3 is 0 Å². The van der Waals surface area contributed by atoms with Crippen molar-refractivity contribution in [3.8, 4) is 0 Å². The first-order valence-electron chi connectivity index (χ1n) is 10.6. The molecule has 148 valence electrons. The van der Waals surface area contributed by atoms with Gasteiger partial charge in [-0.25, -0.2) is 0 Å². The van der Waals surface area contributed by atoms with Crippen LogP contribution >= 0.6 is 0 Å². The lowest BCUT2D eigenvalue weighted by Crippen LogP contribution is -2.54. The van der Waals surface area contributed by atoms with Crippen molar-refractivity contribution in [2.75, 3.05) is 45.8 Å². The SMILES string of the molecule is CCNC(=NCC(C1CC1)C1CC1)N1CCN(CC(=O)NC(C)C)CC1. The average Bonchev–Trinajstić information content (AvgIpc) is 3.48. The van der Waals surface area contributed by atoms with Gasteiger partial charge in [0.25, 0.3) is 0 Å². The zero-order chi connectivity index (χ0) is 18.5. The first-order chi connectivity index (χ1) is 12.6. The second-order valence-electron chi connectivity index (χ2n) is 8.52. The molecule has 2 saturated carbocycles. The van der Waals surface area contributed by atoms with Gasteiger partial charge in [0.2, 0.25) is 5.91 Å². The molecular formula is C20H37N5O. The second-order valence-corrected chi connectivity index (χ2v) is 8.52. The van der Waals surface area contributed by atoms with E-state index in [0.717, 1.165) is 63.0 Å². The number of rotatable bonds is 8. The summed E-state index contributed by atoms with van der Waals surface area (Å²) in [6, 6.07) is 0.210. The molecule has 2 N–H and O–H groups in total. The summed E-state index contributed by atoms with van der Waals surface area (Å²) in [6.45, 7) is 12.3. The molecular weight excluding hydrogens is 326 g/mol. The number of aliphatic imine (C=N–C) groups is 1. The van der Waals surface area contributed by atoms with Crippen molar-refractivity contribution in [3.63, 3.8) is 0 Å².